The van der Waals surface area contributed by atoms with Crippen LogP contribution in [0.1, 0.15) is 19.4 Å². The Labute approximate surface area is 170 Å². The van der Waals surface area contributed by atoms with Gasteiger partial charge in [-0.2, -0.15) is 0 Å². The highest BCUT2D eigenvalue weighted by Gasteiger charge is 2.53. The first-order chi connectivity index (χ1) is 12.8. The SMILES string of the molecule is CSC1C(=O)N(C)[C@](Cc2ccc(OCC=C(C)C)cc2)(SC)C(=O)N1C. The molecule has 0 spiro atoms. The molecule has 5 nitrogen and oxygen atoms in total. The zero-order valence-electron chi connectivity index (χ0n) is 16.8. The third kappa shape index (κ3) is 4.46. The molecule has 1 aliphatic rings. The molecule has 1 fully saturated rings. The monoisotopic (exact) mass is 408 g/mol. The maximum Gasteiger partial charge on any atom is 0.260 e. The lowest BCUT2D eigenvalue weighted by Crippen LogP contribution is -2.68. The van der Waals surface area contributed by atoms with Crippen LogP contribution in [0.15, 0.2) is 35.9 Å². The summed E-state index contributed by atoms with van der Waals surface area (Å²) in [6.45, 7) is 4.60. The highest BCUT2D eigenvalue weighted by molar-refractivity contribution is 8.01. The summed E-state index contributed by atoms with van der Waals surface area (Å²) in [5, 5.41) is -0.464. The van der Waals surface area contributed by atoms with Crippen LogP contribution < -0.4 is 4.74 Å². The number of ether oxygens (including phenoxy) is 1. The van der Waals surface area contributed by atoms with E-state index in [4.69, 9.17) is 4.74 Å². The molecular formula is C20H28N2O3S2. The van der Waals surface area contributed by atoms with Crippen molar-refractivity contribution >= 4 is 35.3 Å². The molecule has 0 N–H and O–H groups in total. The van der Waals surface area contributed by atoms with E-state index in [0.717, 1.165) is 11.3 Å². The molecule has 7 heteroatoms. The lowest BCUT2D eigenvalue weighted by Gasteiger charge is -2.48. The van der Waals surface area contributed by atoms with Gasteiger partial charge in [-0.05, 0) is 50.1 Å². The molecule has 1 unspecified atom stereocenters. The number of benzene rings is 1. The van der Waals surface area contributed by atoms with Crippen LogP contribution in [-0.2, 0) is 16.0 Å². The van der Waals surface area contributed by atoms with Crippen LogP contribution in [0.2, 0.25) is 0 Å². The lowest BCUT2D eigenvalue weighted by atomic mass is 10.0. The van der Waals surface area contributed by atoms with E-state index in [1.165, 1.54) is 29.1 Å². The molecule has 0 saturated carbocycles. The maximum absolute atomic E-state index is 13.1. The van der Waals surface area contributed by atoms with Gasteiger partial charge in [-0.1, -0.05) is 17.7 Å². The summed E-state index contributed by atoms with van der Waals surface area (Å²) in [5.41, 5.74) is 2.20. The maximum atomic E-state index is 13.1. The second-order valence-electron chi connectivity index (χ2n) is 6.80. The minimum atomic E-state index is -0.928. The van der Waals surface area contributed by atoms with Gasteiger partial charge >= 0.3 is 0 Å². The van der Waals surface area contributed by atoms with Crippen molar-refractivity contribution in [3.63, 3.8) is 0 Å². The van der Waals surface area contributed by atoms with Crippen LogP contribution in [0.5, 0.6) is 5.75 Å². The van der Waals surface area contributed by atoms with E-state index in [9.17, 15) is 9.59 Å². The first kappa shape index (κ1) is 21.7. The fourth-order valence-corrected chi connectivity index (χ4v) is 4.83. The molecule has 1 aliphatic heterocycles. The molecule has 0 radical (unpaired) electrons. The molecule has 0 aliphatic carbocycles. The summed E-state index contributed by atoms with van der Waals surface area (Å²) in [5.74, 6) is 0.703. The molecule has 1 heterocycles. The van der Waals surface area contributed by atoms with E-state index in [1.54, 1.807) is 23.9 Å². The van der Waals surface area contributed by atoms with Crippen LogP contribution >= 0.6 is 23.5 Å². The van der Waals surface area contributed by atoms with Crippen molar-refractivity contribution in [1.82, 2.24) is 9.80 Å². The average Bonchev–Trinajstić information content (AvgIpc) is 2.65. The minimum absolute atomic E-state index is 0.0411. The first-order valence-corrected chi connectivity index (χ1v) is 11.3. The number of carbonyl (C=O) groups excluding carboxylic acids is 2. The smallest absolute Gasteiger partial charge is 0.260 e. The predicted octanol–water partition coefficient (Wildman–Crippen LogP) is 3.25. The molecule has 2 rings (SSSR count). The van der Waals surface area contributed by atoms with Crippen LogP contribution in [0.25, 0.3) is 0 Å². The number of piperazine rings is 1. The zero-order chi connectivity index (χ0) is 20.2. The second-order valence-corrected chi connectivity index (χ2v) is 8.80. The van der Waals surface area contributed by atoms with E-state index in [1.807, 2.05) is 56.7 Å². The van der Waals surface area contributed by atoms with Gasteiger partial charge in [-0.15, -0.1) is 23.5 Å². The molecule has 1 saturated heterocycles. The number of thioether (sulfide) groups is 2. The summed E-state index contributed by atoms with van der Waals surface area (Å²) in [6.07, 6.45) is 6.21. The minimum Gasteiger partial charge on any atom is -0.490 e. The predicted molar refractivity (Wildman–Crippen MR) is 114 cm³/mol. The van der Waals surface area contributed by atoms with Crippen molar-refractivity contribution in [2.45, 2.75) is 30.5 Å². The van der Waals surface area contributed by atoms with E-state index < -0.39 is 10.2 Å². The van der Waals surface area contributed by atoms with E-state index >= 15 is 0 Å². The lowest BCUT2D eigenvalue weighted by molar-refractivity contribution is -0.156. The zero-order valence-corrected chi connectivity index (χ0v) is 18.4. The number of allylic oxidation sites excluding steroid dienone is 1. The van der Waals surface area contributed by atoms with Gasteiger partial charge < -0.3 is 14.5 Å². The number of likely N-dealkylation sites (N-methyl/N-ethyl adjacent to an activating group) is 2. The van der Waals surface area contributed by atoms with Crippen LogP contribution in [0.4, 0.5) is 0 Å². The number of rotatable bonds is 7. The van der Waals surface area contributed by atoms with Crippen LogP contribution in [0.3, 0.4) is 0 Å². The molecule has 148 valence electrons. The Morgan fingerprint density at radius 1 is 1.19 bits per heavy atom. The van der Waals surface area contributed by atoms with Crippen molar-refractivity contribution in [3.8, 4) is 5.75 Å². The van der Waals surface area contributed by atoms with E-state index in [-0.39, 0.29) is 11.8 Å². The van der Waals surface area contributed by atoms with Crippen LogP contribution in [-0.4, -0.2) is 65.1 Å². The van der Waals surface area contributed by atoms with Crippen molar-refractivity contribution in [1.29, 1.82) is 0 Å². The van der Waals surface area contributed by atoms with E-state index in [0.29, 0.717) is 13.0 Å². The fraction of sp³-hybridized carbons (Fsp3) is 0.500. The van der Waals surface area contributed by atoms with Gasteiger partial charge in [-0.25, -0.2) is 0 Å². The third-order valence-electron chi connectivity index (χ3n) is 4.76. The van der Waals surface area contributed by atoms with Crippen molar-refractivity contribution < 1.29 is 14.3 Å². The topological polar surface area (TPSA) is 49.9 Å². The Kier molecular flexibility index (Phi) is 7.28. The molecule has 2 amide bonds. The highest BCUT2D eigenvalue weighted by Crippen LogP contribution is 2.39. The molecule has 27 heavy (non-hydrogen) atoms. The summed E-state index contributed by atoms with van der Waals surface area (Å²) < 4.78 is 5.69. The van der Waals surface area contributed by atoms with Gasteiger partial charge in [0.25, 0.3) is 11.8 Å². The standard InChI is InChI=1S/C20H28N2O3S2/c1-14(2)11-12-25-16-9-7-15(8-10-16)13-20(27-6)19(24)21(3)18(26-5)17(23)22(20)4/h7-11,18H,12-13H2,1-6H3/t18?,20-/m1/s1. The molecule has 2 atom stereocenters. The second kappa shape index (κ2) is 9.06. The molecule has 1 aromatic rings. The highest BCUT2D eigenvalue weighted by atomic mass is 32.2. The summed E-state index contributed by atoms with van der Waals surface area (Å²) >= 11 is 2.79. The van der Waals surface area contributed by atoms with Gasteiger partial charge in [0, 0.05) is 20.5 Å². The third-order valence-corrected chi connectivity index (χ3v) is 6.99. The van der Waals surface area contributed by atoms with Crippen LogP contribution in [0, 0.1) is 0 Å². The summed E-state index contributed by atoms with van der Waals surface area (Å²) in [4.78, 5) is 28.2. The Morgan fingerprint density at radius 3 is 2.33 bits per heavy atom. The fourth-order valence-electron chi connectivity index (χ4n) is 3.07. The molecule has 0 aromatic heterocycles. The quantitative estimate of drug-likeness (QED) is 0.648. The Morgan fingerprint density at radius 2 is 1.81 bits per heavy atom. The number of amides is 2. The Balaban J connectivity index is 2.21. The van der Waals surface area contributed by atoms with Gasteiger partial charge in [0.05, 0.1) is 0 Å². The van der Waals surface area contributed by atoms with Gasteiger partial charge in [0.1, 0.15) is 12.4 Å². The Hall–Kier alpha value is -1.60. The summed E-state index contributed by atoms with van der Waals surface area (Å²) in [7, 11) is 3.43. The van der Waals surface area contributed by atoms with Gasteiger partial charge in [0.15, 0.2) is 10.2 Å². The molecule has 1 aromatic carbocycles. The number of nitrogens with zero attached hydrogens (tertiary/aromatic N) is 2. The number of carbonyl (C=O) groups is 2. The average molecular weight is 409 g/mol. The van der Waals surface area contributed by atoms with Crippen molar-refractivity contribution in [2.24, 2.45) is 0 Å². The first-order valence-electron chi connectivity index (χ1n) is 8.74. The van der Waals surface area contributed by atoms with Crippen molar-refractivity contribution in [3.05, 3.63) is 41.5 Å². The van der Waals surface area contributed by atoms with Gasteiger partial charge in [0.2, 0.25) is 0 Å². The number of hydrogen-bond acceptors (Lipinski definition) is 5. The normalized spacial score (nSPS) is 22.8. The van der Waals surface area contributed by atoms with E-state index in [2.05, 4.69) is 0 Å². The van der Waals surface area contributed by atoms with Crippen molar-refractivity contribution in [2.75, 3.05) is 33.2 Å². The molecule has 0 bridgehead atoms. The Bertz CT molecular complexity index is 716. The molecular weight excluding hydrogens is 380 g/mol. The number of hydrogen-bond donors (Lipinski definition) is 0. The largest absolute Gasteiger partial charge is 0.490 e. The summed E-state index contributed by atoms with van der Waals surface area (Å²) in [6, 6.07) is 7.74. The van der Waals surface area contributed by atoms with Gasteiger partial charge in [-0.3, -0.25) is 9.59 Å².